The highest BCUT2D eigenvalue weighted by atomic mass is 16.5. The Hall–Kier alpha value is -0.160. The molecule has 0 aromatic heterocycles. The Kier molecular flexibility index (Phi) is 15.1. The Morgan fingerprint density at radius 2 is 1.90 bits per heavy atom. The van der Waals surface area contributed by atoms with E-state index in [4.69, 9.17) is 9.47 Å². The minimum absolute atomic E-state index is 0.799. The first-order valence-electron chi connectivity index (χ1n) is 8.23. The Morgan fingerprint density at radius 1 is 1.20 bits per heavy atom. The molecular formula is C16H36N2O2. The van der Waals surface area contributed by atoms with Crippen molar-refractivity contribution in [3.63, 3.8) is 0 Å². The maximum absolute atomic E-state index is 5.60. The second-order valence-corrected chi connectivity index (χ2v) is 5.71. The zero-order valence-corrected chi connectivity index (χ0v) is 14.1. The van der Waals surface area contributed by atoms with Gasteiger partial charge in [0.25, 0.3) is 0 Å². The summed E-state index contributed by atoms with van der Waals surface area (Å²) in [5.41, 5.74) is 0. The van der Waals surface area contributed by atoms with E-state index in [0.717, 1.165) is 58.5 Å². The van der Waals surface area contributed by atoms with E-state index in [9.17, 15) is 0 Å². The van der Waals surface area contributed by atoms with Gasteiger partial charge in [-0.05, 0) is 38.8 Å². The highest BCUT2D eigenvalue weighted by molar-refractivity contribution is 4.60. The van der Waals surface area contributed by atoms with E-state index in [1.54, 1.807) is 0 Å². The Labute approximate surface area is 126 Å². The molecule has 0 atom stereocenters. The predicted octanol–water partition coefficient (Wildman–Crippen LogP) is 2.39. The summed E-state index contributed by atoms with van der Waals surface area (Å²) in [5, 5.41) is 3.02. The standard InChI is InChI=1S/C12H25NO2.C4H11N/c1-12(2)4-3-8-14-9-5-13-6-10-15-11-7-13;1-3-4-5-2/h12H,3-11H2,1-2H3;5H,3-4H2,1-2H3. The first-order chi connectivity index (χ1) is 9.70. The molecule has 0 amide bonds. The lowest BCUT2D eigenvalue weighted by Gasteiger charge is -2.26. The van der Waals surface area contributed by atoms with Crippen molar-refractivity contribution in [3.8, 4) is 0 Å². The van der Waals surface area contributed by atoms with Crippen LogP contribution in [0.2, 0.25) is 0 Å². The highest BCUT2D eigenvalue weighted by Gasteiger charge is 2.08. The van der Waals surface area contributed by atoms with E-state index in [0.29, 0.717) is 0 Å². The summed E-state index contributed by atoms with van der Waals surface area (Å²) < 4.78 is 10.9. The summed E-state index contributed by atoms with van der Waals surface area (Å²) in [4.78, 5) is 2.41. The fraction of sp³-hybridized carbons (Fsp3) is 1.00. The van der Waals surface area contributed by atoms with Crippen molar-refractivity contribution in [1.82, 2.24) is 10.2 Å². The topological polar surface area (TPSA) is 33.7 Å². The highest BCUT2D eigenvalue weighted by Crippen LogP contribution is 2.03. The summed E-state index contributed by atoms with van der Waals surface area (Å²) in [6.45, 7) is 14.6. The van der Waals surface area contributed by atoms with Gasteiger partial charge >= 0.3 is 0 Å². The number of hydrogen-bond donors (Lipinski definition) is 1. The van der Waals surface area contributed by atoms with Crippen LogP contribution in [-0.4, -0.2) is 64.6 Å². The van der Waals surface area contributed by atoms with Crippen LogP contribution in [0.25, 0.3) is 0 Å². The van der Waals surface area contributed by atoms with E-state index in [1.807, 2.05) is 7.05 Å². The minimum atomic E-state index is 0.799. The molecule has 0 unspecified atom stereocenters. The van der Waals surface area contributed by atoms with Crippen molar-refractivity contribution >= 4 is 0 Å². The average Bonchev–Trinajstić information content (AvgIpc) is 2.45. The fourth-order valence-electron chi connectivity index (χ4n) is 1.96. The third-order valence-electron chi connectivity index (χ3n) is 3.23. The molecule has 0 saturated carbocycles. The van der Waals surface area contributed by atoms with Gasteiger partial charge in [-0.25, -0.2) is 0 Å². The molecule has 0 aliphatic carbocycles. The van der Waals surface area contributed by atoms with Gasteiger partial charge in [0.05, 0.1) is 19.8 Å². The zero-order valence-electron chi connectivity index (χ0n) is 14.1. The van der Waals surface area contributed by atoms with Crippen molar-refractivity contribution < 1.29 is 9.47 Å². The van der Waals surface area contributed by atoms with Crippen LogP contribution >= 0.6 is 0 Å². The van der Waals surface area contributed by atoms with Crippen LogP contribution < -0.4 is 5.32 Å². The molecule has 1 saturated heterocycles. The molecule has 4 nitrogen and oxygen atoms in total. The molecule has 1 rings (SSSR count). The number of rotatable bonds is 9. The van der Waals surface area contributed by atoms with Gasteiger partial charge in [-0.2, -0.15) is 0 Å². The average molecular weight is 288 g/mol. The lowest BCUT2D eigenvalue weighted by atomic mass is 10.1. The van der Waals surface area contributed by atoms with Gasteiger partial charge in [-0.3, -0.25) is 4.90 Å². The van der Waals surface area contributed by atoms with Crippen molar-refractivity contribution in [2.24, 2.45) is 5.92 Å². The molecule has 1 aliphatic rings. The number of hydrogen-bond acceptors (Lipinski definition) is 4. The smallest absolute Gasteiger partial charge is 0.0594 e. The molecule has 1 aliphatic heterocycles. The molecule has 1 N–H and O–H groups in total. The van der Waals surface area contributed by atoms with Crippen molar-refractivity contribution in [2.75, 3.05) is 59.7 Å². The molecule has 122 valence electrons. The zero-order chi connectivity index (χ0) is 15.1. The fourth-order valence-corrected chi connectivity index (χ4v) is 1.96. The SMILES string of the molecule is CC(C)CCCOCCN1CCOCC1.CCCNC. The molecule has 0 radical (unpaired) electrons. The van der Waals surface area contributed by atoms with E-state index >= 15 is 0 Å². The third kappa shape index (κ3) is 14.3. The van der Waals surface area contributed by atoms with Crippen LogP contribution in [0.4, 0.5) is 0 Å². The molecule has 0 aromatic rings. The minimum Gasteiger partial charge on any atom is -0.380 e. The molecule has 1 heterocycles. The number of morpholine rings is 1. The number of ether oxygens (including phenoxy) is 2. The molecule has 0 spiro atoms. The second-order valence-electron chi connectivity index (χ2n) is 5.71. The molecule has 0 bridgehead atoms. The largest absolute Gasteiger partial charge is 0.380 e. The first-order valence-corrected chi connectivity index (χ1v) is 8.23. The lowest BCUT2D eigenvalue weighted by Crippen LogP contribution is -2.38. The molecule has 1 fully saturated rings. The van der Waals surface area contributed by atoms with Gasteiger partial charge in [0, 0.05) is 26.2 Å². The van der Waals surface area contributed by atoms with Gasteiger partial charge in [-0.1, -0.05) is 20.8 Å². The normalized spacial score (nSPS) is 16.1. The van der Waals surface area contributed by atoms with Gasteiger partial charge in [0.2, 0.25) is 0 Å². The van der Waals surface area contributed by atoms with Crippen LogP contribution in [0, 0.1) is 5.92 Å². The Morgan fingerprint density at radius 3 is 2.40 bits per heavy atom. The van der Waals surface area contributed by atoms with Crippen LogP contribution in [0.5, 0.6) is 0 Å². The molecular weight excluding hydrogens is 252 g/mol. The summed E-state index contributed by atoms with van der Waals surface area (Å²) in [6, 6.07) is 0. The van der Waals surface area contributed by atoms with E-state index in [1.165, 1.54) is 19.3 Å². The molecule has 0 aromatic carbocycles. The van der Waals surface area contributed by atoms with E-state index < -0.39 is 0 Å². The summed E-state index contributed by atoms with van der Waals surface area (Å²) in [6.07, 6.45) is 3.70. The Balaban J connectivity index is 0.000000621. The monoisotopic (exact) mass is 288 g/mol. The molecule has 4 heteroatoms. The van der Waals surface area contributed by atoms with Crippen molar-refractivity contribution in [1.29, 1.82) is 0 Å². The number of nitrogens with zero attached hydrogens (tertiary/aromatic N) is 1. The van der Waals surface area contributed by atoms with Crippen LogP contribution in [0.3, 0.4) is 0 Å². The van der Waals surface area contributed by atoms with Gasteiger partial charge in [0.1, 0.15) is 0 Å². The predicted molar refractivity (Wildman–Crippen MR) is 86.4 cm³/mol. The van der Waals surface area contributed by atoms with Crippen molar-refractivity contribution in [2.45, 2.75) is 40.0 Å². The van der Waals surface area contributed by atoms with Gasteiger partial charge in [-0.15, -0.1) is 0 Å². The van der Waals surface area contributed by atoms with E-state index in [-0.39, 0.29) is 0 Å². The first kappa shape index (κ1) is 19.8. The summed E-state index contributed by atoms with van der Waals surface area (Å²) in [7, 11) is 1.96. The van der Waals surface area contributed by atoms with Gasteiger partial charge < -0.3 is 14.8 Å². The summed E-state index contributed by atoms with van der Waals surface area (Å²) in [5.74, 6) is 0.799. The maximum atomic E-state index is 5.60. The second kappa shape index (κ2) is 15.2. The van der Waals surface area contributed by atoms with E-state index in [2.05, 4.69) is 31.0 Å². The third-order valence-corrected chi connectivity index (χ3v) is 3.23. The van der Waals surface area contributed by atoms with Crippen LogP contribution in [-0.2, 0) is 9.47 Å². The number of nitrogens with one attached hydrogen (secondary N) is 1. The maximum Gasteiger partial charge on any atom is 0.0594 e. The van der Waals surface area contributed by atoms with Crippen LogP contribution in [0.1, 0.15) is 40.0 Å². The summed E-state index contributed by atoms with van der Waals surface area (Å²) >= 11 is 0. The molecule has 20 heavy (non-hydrogen) atoms. The Bertz CT molecular complexity index is 181. The quantitative estimate of drug-likeness (QED) is 0.661. The van der Waals surface area contributed by atoms with Crippen LogP contribution in [0.15, 0.2) is 0 Å². The lowest BCUT2D eigenvalue weighted by molar-refractivity contribution is 0.0198. The van der Waals surface area contributed by atoms with Gasteiger partial charge in [0.15, 0.2) is 0 Å². The van der Waals surface area contributed by atoms with Crippen molar-refractivity contribution in [3.05, 3.63) is 0 Å².